The minimum atomic E-state index is 0.285. The Bertz CT molecular complexity index is 234. The van der Waals surface area contributed by atoms with Crippen LogP contribution >= 0.6 is 0 Å². The van der Waals surface area contributed by atoms with E-state index in [2.05, 4.69) is 30.9 Å². The smallest absolute Gasteiger partial charge is 0.0558 e. The van der Waals surface area contributed by atoms with Crippen molar-refractivity contribution in [2.75, 3.05) is 47.4 Å². The Labute approximate surface area is 152 Å². The normalized spacial score (nSPS) is 11.8. The Hall–Kier alpha value is -0.120. The molecule has 0 unspecified atom stereocenters. The summed E-state index contributed by atoms with van der Waals surface area (Å²) in [6.07, 6.45) is 19.7. The molecular weight excluding hydrogens is 296 g/mol. The molecule has 0 fully saturated rings. The van der Waals surface area contributed by atoms with Gasteiger partial charge >= 0.3 is 0 Å². The van der Waals surface area contributed by atoms with Gasteiger partial charge in [0.2, 0.25) is 0 Å². The fourth-order valence-corrected chi connectivity index (χ4v) is 3.21. The SMILES string of the molecule is CN(C)CCCCCCCCCCCCCCCCN(C)CCO. The molecule has 0 atom stereocenters. The van der Waals surface area contributed by atoms with E-state index in [9.17, 15) is 0 Å². The Kier molecular flexibility index (Phi) is 19.1. The van der Waals surface area contributed by atoms with Crippen molar-refractivity contribution in [1.29, 1.82) is 0 Å². The van der Waals surface area contributed by atoms with Crippen LogP contribution in [0.5, 0.6) is 0 Å². The molecule has 0 aliphatic rings. The number of likely N-dealkylation sites (N-methyl/N-ethyl adjacent to an activating group) is 1. The first kappa shape index (κ1) is 23.9. The topological polar surface area (TPSA) is 26.7 Å². The summed E-state index contributed by atoms with van der Waals surface area (Å²) in [6, 6.07) is 0. The summed E-state index contributed by atoms with van der Waals surface area (Å²) in [5, 5.41) is 8.84. The van der Waals surface area contributed by atoms with Gasteiger partial charge in [0.15, 0.2) is 0 Å². The highest BCUT2D eigenvalue weighted by Gasteiger charge is 1.97. The van der Waals surface area contributed by atoms with Crippen molar-refractivity contribution in [2.45, 2.75) is 89.9 Å². The van der Waals surface area contributed by atoms with E-state index in [4.69, 9.17) is 5.11 Å². The van der Waals surface area contributed by atoms with Gasteiger partial charge in [-0.3, -0.25) is 0 Å². The minimum Gasteiger partial charge on any atom is -0.395 e. The Morgan fingerprint density at radius 1 is 0.458 bits per heavy atom. The number of nitrogens with zero attached hydrogens (tertiary/aromatic N) is 2. The van der Waals surface area contributed by atoms with Crippen molar-refractivity contribution in [3.63, 3.8) is 0 Å². The van der Waals surface area contributed by atoms with Crippen LogP contribution in [0.1, 0.15) is 89.9 Å². The lowest BCUT2D eigenvalue weighted by Gasteiger charge is -2.14. The fourth-order valence-electron chi connectivity index (χ4n) is 3.21. The van der Waals surface area contributed by atoms with Crippen molar-refractivity contribution in [3.05, 3.63) is 0 Å². The minimum absolute atomic E-state index is 0.285. The van der Waals surface area contributed by atoms with Gasteiger partial charge in [0, 0.05) is 6.54 Å². The maximum atomic E-state index is 8.84. The predicted molar refractivity (Wildman–Crippen MR) is 108 cm³/mol. The number of aliphatic hydroxyl groups excluding tert-OH is 1. The van der Waals surface area contributed by atoms with Gasteiger partial charge in [-0.15, -0.1) is 0 Å². The van der Waals surface area contributed by atoms with Crippen LogP contribution in [0.15, 0.2) is 0 Å². The molecule has 0 heterocycles. The second-order valence-electron chi connectivity index (χ2n) is 7.78. The third-order valence-electron chi connectivity index (χ3n) is 4.88. The molecular formula is C21H46N2O. The van der Waals surface area contributed by atoms with E-state index >= 15 is 0 Å². The highest BCUT2D eigenvalue weighted by molar-refractivity contribution is 4.53. The average molecular weight is 343 g/mol. The number of hydrogen-bond acceptors (Lipinski definition) is 3. The zero-order chi connectivity index (χ0) is 17.9. The molecule has 0 bridgehead atoms. The maximum absolute atomic E-state index is 8.84. The van der Waals surface area contributed by atoms with E-state index in [0.717, 1.165) is 13.1 Å². The number of hydrogen-bond donors (Lipinski definition) is 1. The quantitative estimate of drug-likeness (QED) is 0.337. The molecule has 0 aromatic heterocycles. The van der Waals surface area contributed by atoms with Gasteiger partial charge in [-0.2, -0.15) is 0 Å². The van der Waals surface area contributed by atoms with E-state index in [1.54, 1.807) is 0 Å². The summed E-state index contributed by atoms with van der Waals surface area (Å²) in [6.45, 7) is 3.48. The zero-order valence-corrected chi connectivity index (χ0v) is 17.1. The van der Waals surface area contributed by atoms with Crippen molar-refractivity contribution in [3.8, 4) is 0 Å². The van der Waals surface area contributed by atoms with E-state index in [-0.39, 0.29) is 6.61 Å². The lowest BCUT2D eigenvalue weighted by molar-refractivity contribution is 0.219. The molecule has 24 heavy (non-hydrogen) atoms. The lowest BCUT2D eigenvalue weighted by Crippen LogP contribution is -2.23. The summed E-state index contributed by atoms with van der Waals surface area (Å²) >= 11 is 0. The first-order valence-electron chi connectivity index (χ1n) is 10.6. The van der Waals surface area contributed by atoms with E-state index in [0.29, 0.717) is 0 Å². The molecule has 0 saturated heterocycles. The molecule has 0 amide bonds. The third-order valence-corrected chi connectivity index (χ3v) is 4.88. The largest absolute Gasteiger partial charge is 0.395 e. The number of rotatable bonds is 19. The van der Waals surface area contributed by atoms with Gasteiger partial charge in [0.1, 0.15) is 0 Å². The van der Waals surface area contributed by atoms with Crippen molar-refractivity contribution in [2.24, 2.45) is 0 Å². The Morgan fingerprint density at radius 2 is 0.792 bits per heavy atom. The molecule has 0 saturated carbocycles. The zero-order valence-electron chi connectivity index (χ0n) is 17.1. The van der Waals surface area contributed by atoms with Crippen LogP contribution in [0.3, 0.4) is 0 Å². The summed E-state index contributed by atoms with van der Waals surface area (Å²) in [7, 11) is 6.43. The van der Waals surface area contributed by atoms with Gasteiger partial charge in [-0.25, -0.2) is 0 Å². The number of aliphatic hydroxyl groups is 1. The Balaban J connectivity index is 3.03. The molecule has 0 aliphatic carbocycles. The van der Waals surface area contributed by atoms with Gasteiger partial charge in [0.25, 0.3) is 0 Å². The molecule has 3 nitrogen and oxygen atoms in total. The molecule has 0 rings (SSSR count). The first-order chi connectivity index (χ1) is 11.7. The Morgan fingerprint density at radius 3 is 1.12 bits per heavy atom. The van der Waals surface area contributed by atoms with Crippen LogP contribution in [0.2, 0.25) is 0 Å². The number of unbranched alkanes of at least 4 members (excludes halogenated alkanes) is 13. The standard InChI is InChI=1S/C21H46N2O/c1-22(2)18-16-14-12-10-8-6-4-5-7-9-11-13-15-17-19-23(3)20-21-24/h24H,4-21H2,1-3H3. The van der Waals surface area contributed by atoms with Gasteiger partial charge in [-0.1, -0.05) is 77.0 Å². The second kappa shape index (κ2) is 19.2. The molecule has 0 aromatic carbocycles. The van der Waals surface area contributed by atoms with Crippen molar-refractivity contribution in [1.82, 2.24) is 9.80 Å². The monoisotopic (exact) mass is 342 g/mol. The second-order valence-corrected chi connectivity index (χ2v) is 7.78. The highest BCUT2D eigenvalue weighted by Crippen LogP contribution is 2.13. The van der Waals surface area contributed by atoms with Crippen LogP contribution in [0, 0.1) is 0 Å². The fraction of sp³-hybridized carbons (Fsp3) is 1.00. The molecule has 0 spiro atoms. The van der Waals surface area contributed by atoms with Crippen molar-refractivity contribution < 1.29 is 5.11 Å². The lowest BCUT2D eigenvalue weighted by atomic mass is 10.0. The molecule has 3 heteroatoms. The highest BCUT2D eigenvalue weighted by atomic mass is 16.3. The first-order valence-corrected chi connectivity index (χ1v) is 10.6. The molecule has 146 valence electrons. The van der Waals surface area contributed by atoms with Crippen LogP contribution in [0.4, 0.5) is 0 Å². The molecule has 1 N–H and O–H groups in total. The maximum Gasteiger partial charge on any atom is 0.0558 e. The van der Waals surface area contributed by atoms with Gasteiger partial charge in [-0.05, 0) is 47.1 Å². The van der Waals surface area contributed by atoms with Gasteiger partial charge < -0.3 is 14.9 Å². The van der Waals surface area contributed by atoms with Crippen LogP contribution < -0.4 is 0 Å². The molecule has 0 radical (unpaired) electrons. The van der Waals surface area contributed by atoms with Crippen LogP contribution in [-0.2, 0) is 0 Å². The van der Waals surface area contributed by atoms with Gasteiger partial charge in [0.05, 0.1) is 6.61 Å². The van der Waals surface area contributed by atoms with Crippen LogP contribution in [-0.4, -0.2) is 62.3 Å². The molecule has 0 aromatic rings. The average Bonchev–Trinajstić information content (AvgIpc) is 2.54. The predicted octanol–water partition coefficient (Wildman–Crippen LogP) is 4.93. The van der Waals surface area contributed by atoms with E-state index in [1.165, 1.54) is 96.4 Å². The van der Waals surface area contributed by atoms with E-state index in [1.807, 2.05) is 0 Å². The summed E-state index contributed by atoms with van der Waals surface area (Å²) < 4.78 is 0. The van der Waals surface area contributed by atoms with E-state index < -0.39 is 0 Å². The third kappa shape index (κ3) is 19.9. The summed E-state index contributed by atoms with van der Waals surface area (Å²) in [4.78, 5) is 4.51. The van der Waals surface area contributed by atoms with Crippen molar-refractivity contribution >= 4 is 0 Å². The van der Waals surface area contributed by atoms with Crippen LogP contribution in [0.25, 0.3) is 0 Å². The summed E-state index contributed by atoms with van der Waals surface area (Å²) in [5.74, 6) is 0. The molecule has 0 aliphatic heterocycles. The summed E-state index contributed by atoms with van der Waals surface area (Å²) in [5.41, 5.74) is 0.